The quantitative estimate of drug-likeness (QED) is 0.900. The minimum absolute atomic E-state index is 0.0864. The number of hydrogen-bond acceptors (Lipinski definition) is 6. The second-order valence-corrected chi connectivity index (χ2v) is 7.36. The van der Waals surface area contributed by atoms with Crippen molar-refractivity contribution in [1.82, 2.24) is 15.3 Å². The van der Waals surface area contributed by atoms with E-state index in [4.69, 9.17) is 9.47 Å². The number of nitrogens with one attached hydrogen (secondary N) is 1. The van der Waals surface area contributed by atoms with Crippen LogP contribution in [0.15, 0.2) is 18.6 Å². The average Bonchev–Trinajstić information content (AvgIpc) is 2.62. The fourth-order valence-corrected chi connectivity index (χ4v) is 3.59. The van der Waals surface area contributed by atoms with E-state index in [1.54, 1.807) is 12.4 Å². The van der Waals surface area contributed by atoms with Crippen molar-refractivity contribution in [3.05, 3.63) is 18.6 Å². The van der Waals surface area contributed by atoms with E-state index in [0.29, 0.717) is 6.54 Å². The molecule has 7 nitrogen and oxygen atoms in total. The molecule has 3 rings (SSSR count). The van der Waals surface area contributed by atoms with Gasteiger partial charge in [-0.1, -0.05) is 0 Å². The van der Waals surface area contributed by atoms with Crippen LogP contribution in [0.3, 0.4) is 0 Å². The summed E-state index contributed by atoms with van der Waals surface area (Å²) in [6.45, 7) is 6.96. The molecule has 2 saturated heterocycles. The van der Waals surface area contributed by atoms with Crippen molar-refractivity contribution in [2.24, 2.45) is 5.41 Å². The highest BCUT2D eigenvalue weighted by atomic mass is 16.6. The van der Waals surface area contributed by atoms with Crippen LogP contribution in [0.4, 0.5) is 10.6 Å². The Bertz CT molecular complexity index is 549. The van der Waals surface area contributed by atoms with Gasteiger partial charge in [-0.25, -0.2) is 9.78 Å². The molecule has 1 amide bonds. The Labute approximate surface area is 149 Å². The minimum atomic E-state index is -0.365. The fraction of sp³-hybridized carbons (Fsp3) is 0.722. The molecule has 0 unspecified atom stereocenters. The number of rotatable bonds is 4. The van der Waals surface area contributed by atoms with Gasteiger partial charge in [-0.2, -0.15) is 0 Å². The molecule has 3 heterocycles. The second kappa shape index (κ2) is 7.99. The summed E-state index contributed by atoms with van der Waals surface area (Å²) in [5.74, 6) is 0.958. The number of carbonyl (C=O) groups excluding carboxylic acids is 1. The van der Waals surface area contributed by atoms with Crippen molar-refractivity contribution in [2.75, 3.05) is 31.1 Å². The van der Waals surface area contributed by atoms with Crippen LogP contribution in [-0.2, 0) is 9.47 Å². The third-order valence-corrected chi connectivity index (χ3v) is 5.14. The van der Waals surface area contributed by atoms with Gasteiger partial charge in [0.1, 0.15) is 5.82 Å². The smallest absolute Gasteiger partial charge is 0.407 e. The highest BCUT2D eigenvalue weighted by Crippen LogP contribution is 2.41. The number of nitrogens with zero attached hydrogens (tertiary/aromatic N) is 3. The Morgan fingerprint density at radius 1 is 1.40 bits per heavy atom. The molecular formula is C18H28N4O3. The minimum Gasteiger partial charge on any atom is -0.447 e. The molecule has 0 radical (unpaired) electrons. The molecule has 2 aliphatic rings. The summed E-state index contributed by atoms with van der Waals surface area (Å²) in [4.78, 5) is 22.4. The second-order valence-electron chi connectivity index (χ2n) is 7.36. The van der Waals surface area contributed by atoms with Crippen molar-refractivity contribution < 1.29 is 14.3 Å². The van der Waals surface area contributed by atoms with Crippen molar-refractivity contribution in [1.29, 1.82) is 0 Å². The fourth-order valence-electron chi connectivity index (χ4n) is 3.59. The van der Waals surface area contributed by atoms with E-state index in [-0.39, 0.29) is 23.7 Å². The van der Waals surface area contributed by atoms with E-state index in [1.165, 1.54) is 0 Å². The van der Waals surface area contributed by atoms with Crippen LogP contribution in [-0.4, -0.2) is 54.5 Å². The number of ether oxygens (including phenoxy) is 2. The molecule has 2 aliphatic heterocycles. The SMILES string of the molecule is CC(C)OC(=O)NC[C@@H]1CCC2(CCN(c3cnccn3)CC2)CO1. The number of aromatic nitrogens is 2. The Balaban J connectivity index is 1.41. The normalized spacial score (nSPS) is 22.8. The van der Waals surface area contributed by atoms with Gasteiger partial charge in [0, 0.05) is 32.0 Å². The highest BCUT2D eigenvalue weighted by Gasteiger charge is 2.39. The largest absolute Gasteiger partial charge is 0.447 e. The first-order valence-corrected chi connectivity index (χ1v) is 9.13. The summed E-state index contributed by atoms with van der Waals surface area (Å²) in [6, 6.07) is 0. The Kier molecular flexibility index (Phi) is 5.73. The van der Waals surface area contributed by atoms with Crippen molar-refractivity contribution >= 4 is 11.9 Å². The third kappa shape index (κ3) is 4.81. The zero-order chi connectivity index (χ0) is 17.7. The monoisotopic (exact) mass is 348 g/mol. The topological polar surface area (TPSA) is 76.6 Å². The molecular weight excluding hydrogens is 320 g/mol. The van der Waals surface area contributed by atoms with E-state index >= 15 is 0 Å². The van der Waals surface area contributed by atoms with Gasteiger partial charge in [0.05, 0.1) is 25.0 Å². The standard InChI is InChI=1S/C18H28N4O3/c1-14(2)25-17(23)21-11-15-3-4-18(13-24-15)5-9-22(10-6-18)16-12-19-7-8-20-16/h7-8,12,14-15H,3-6,9-11,13H2,1-2H3,(H,21,23)/t15-/m0/s1. The molecule has 1 N–H and O–H groups in total. The molecule has 0 aromatic carbocycles. The van der Waals surface area contributed by atoms with Crippen LogP contribution in [0.1, 0.15) is 39.5 Å². The Morgan fingerprint density at radius 3 is 2.80 bits per heavy atom. The number of carbonyl (C=O) groups is 1. The van der Waals surface area contributed by atoms with Crippen molar-refractivity contribution in [3.8, 4) is 0 Å². The van der Waals surface area contributed by atoms with Gasteiger partial charge in [0.25, 0.3) is 0 Å². The molecule has 138 valence electrons. The van der Waals surface area contributed by atoms with Crippen LogP contribution < -0.4 is 10.2 Å². The van der Waals surface area contributed by atoms with E-state index in [2.05, 4.69) is 20.2 Å². The summed E-state index contributed by atoms with van der Waals surface area (Å²) in [7, 11) is 0. The zero-order valence-corrected chi connectivity index (χ0v) is 15.1. The predicted molar refractivity (Wildman–Crippen MR) is 94.5 cm³/mol. The Morgan fingerprint density at radius 2 is 2.20 bits per heavy atom. The van der Waals surface area contributed by atoms with Gasteiger partial charge in [-0.3, -0.25) is 4.98 Å². The molecule has 1 atom stereocenters. The van der Waals surface area contributed by atoms with Crippen LogP contribution >= 0.6 is 0 Å². The van der Waals surface area contributed by atoms with Gasteiger partial charge in [-0.15, -0.1) is 0 Å². The molecule has 0 aliphatic carbocycles. The summed E-state index contributed by atoms with van der Waals surface area (Å²) < 4.78 is 11.1. The first kappa shape index (κ1) is 17.9. The van der Waals surface area contributed by atoms with Gasteiger partial charge >= 0.3 is 6.09 Å². The molecule has 2 fully saturated rings. The zero-order valence-electron chi connectivity index (χ0n) is 15.1. The van der Waals surface area contributed by atoms with E-state index in [0.717, 1.165) is 51.2 Å². The van der Waals surface area contributed by atoms with Crippen LogP contribution in [0.5, 0.6) is 0 Å². The molecule has 1 aromatic rings. The maximum Gasteiger partial charge on any atom is 0.407 e. The maximum absolute atomic E-state index is 11.6. The summed E-state index contributed by atoms with van der Waals surface area (Å²) in [6.07, 6.45) is 9.24. The van der Waals surface area contributed by atoms with E-state index in [1.807, 2.05) is 20.0 Å². The summed E-state index contributed by atoms with van der Waals surface area (Å²) in [5, 5.41) is 2.79. The lowest BCUT2D eigenvalue weighted by Crippen LogP contribution is -2.48. The van der Waals surface area contributed by atoms with Gasteiger partial charge in [0.2, 0.25) is 0 Å². The average molecular weight is 348 g/mol. The van der Waals surface area contributed by atoms with Crippen molar-refractivity contribution in [3.63, 3.8) is 0 Å². The lowest BCUT2D eigenvalue weighted by molar-refractivity contribution is -0.0705. The number of piperidine rings is 1. The first-order valence-electron chi connectivity index (χ1n) is 9.13. The molecule has 1 spiro atoms. The summed E-state index contributed by atoms with van der Waals surface area (Å²) >= 11 is 0. The predicted octanol–water partition coefficient (Wildman–Crippen LogP) is 2.38. The number of amides is 1. The highest BCUT2D eigenvalue weighted by molar-refractivity contribution is 5.67. The van der Waals surface area contributed by atoms with Crippen LogP contribution in [0, 0.1) is 5.41 Å². The van der Waals surface area contributed by atoms with Crippen LogP contribution in [0.25, 0.3) is 0 Å². The molecule has 0 bridgehead atoms. The molecule has 0 saturated carbocycles. The Hall–Kier alpha value is -1.89. The van der Waals surface area contributed by atoms with E-state index < -0.39 is 0 Å². The third-order valence-electron chi connectivity index (χ3n) is 5.14. The summed E-state index contributed by atoms with van der Waals surface area (Å²) in [5.41, 5.74) is 0.271. The van der Waals surface area contributed by atoms with E-state index in [9.17, 15) is 4.79 Å². The van der Waals surface area contributed by atoms with Gasteiger partial charge in [0.15, 0.2) is 0 Å². The maximum atomic E-state index is 11.6. The van der Waals surface area contributed by atoms with Gasteiger partial charge in [-0.05, 0) is 44.9 Å². The van der Waals surface area contributed by atoms with Crippen molar-refractivity contribution in [2.45, 2.75) is 51.7 Å². The molecule has 7 heteroatoms. The van der Waals surface area contributed by atoms with Crippen LogP contribution in [0.2, 0.25) is 0 Å². The molecule has 1 aromatic heterocycles. The number of hydrogen-bond donors (Lipinski definition) is 1. The van der Waals surface area contributed by atoms with Gasteiger partial charge < -0.3 is 19.7 Å². The number of alkyl carbamates (subject to hydrolysis) is 1. The first-order chi connectivity index (χ1) is 12.1. The molecule has 25 heavy (non-hydrogen) atoms. The number of anilines is 1. The lowest BCUT2D eigenvalue weighted by Gasteiger charge is -2.45. The lowest BCUT2D eigenvalue weighted by atomic mass is 9.73.